The molecule has 2 heterocycles. The van der Waals surface area contributed by atoms with Crippen molar-refractivity contribution in [3.05, 3.63) is 65.4 Å². The summed E-state index contributed by atoms with van der Waals surface area (Å²) in [7, 11) is 2.01. The van der Waals surface area contributed by atoms with E-state index in [0.717, 1.165) is 48.6 Å². The maximum Gasteiger partial charge on any atom is 0.161 e. The normalized spacial score (nSPS) is 19.3. The Hall–Kier alpha value is -2.81. The Labute approximate surface area is 159 Å². The summed E-state index contributed by atoms with van der Waals surface area (Å²) in [5.41, 5.74) is 5.18. The molecular formula is C22H23N3O2. The molecule has 1 fully saturated rings. The predicted molar refractivity (Wildman–Crippen MR) is 105 cm³/mol. The predicted octanol–water partition coefficient (Wildman–Crippen LogP) is 2.97. The van der Waals surface area contributed by atoms with Crippen molar-refractivity contribution >= 4 is 5.76 Å². The summed E-state index contributed by atoms with van der Waals surface area (Å²) in [5.74, 6) is 0.885. The second-order valence-electron chi connectivity index (χ2n) is 6.95. The van der Waals surface area contributed by atoms with Crippen LogP contribution in [-0.4, -0.2) is 44.5 Å². The summed E-state index contributed by atoms with van der Waals surface area (Å²) in [6.45, 7) is 3.07. The molecule has 2 aromatic rings. The van der Waals surface area contributed by atoms with Crippen LogP contribution < -0.4 is 5.32 Å². The summed E-state index contributed by atoms with van der Waals surface area (Å²) >= 11 is 0. The standard InChI is InChI=1S/C22H23N3O2/c1-25-14-21(27-15-25)22-18(11-19-13-24-9-10-26-19)3-2-4-20(22)17-7-5-16(12-23)6-8-17/h2-8,14,19,24H,9-11,13,15H2,1H3. The molecule has 0 radical (unpaired) electrons. The fraction of sp³-hybridized carbons (Fsp3) is 0.318. The Morgan fingerprint density at radius 1 is 1.22 bits per heavy atom. The van der Waals surface area contributed by atoms with Crippen molar-refractivity contribution in [2.45, 2.75) is 12.5 Å². The maximum atomic E-state index is 9.08. The minimum Gasteiger partial charge on any atom is -0.471 e. The SMILES string of the molecule is CN1C=C(c2c(CC3CNCCO3)cccc2-c2ccc(C#N)cc2)OC1. The zero-order valence-electron chi connectivity index (χ0n) is 15.4. The fourth-order valence-electron chi connectivity index (χ4n) is 3.60. The van der Waals surface area contributed by atoms with E-state index in [1.165, 1.54) is 5.56 Å². The van der Waals surface area contributed by atoms with Gasteiger partial charge in [0.2, 0.25) is 0 Å². The van der Waals surface area contributed by atoms with E-state index < -0.39 is 0 Å². The van der Waals surface area contributed by atoms with Gasteiger partial charge in [-0.15, -0.1) is 0 Å². The van der Waals surface area contributed by atoms with Crippen molar-refractivity contribution in [3.8, 4) is 17.2 Å². The molecule has 0 spiro atoms. The van der Waals surface area contributed by atoms with Crippen LogP contribution in [0, 0.1) is 11.3 Å². The van der Waals surface area contributed by atoms with Crippen LogP contribution in [0.2, 0.25) is 0 Å². The van der Waals surface area contributed by atoms with Crippen LogP contribution in [0.25, 0.3) is 16.9 Å². The minimum atomic E-state index is 0.161. The lowest BCUT2D eigenvalue weighted by Gasteiger charge is -2.25. The van der Waals surface area contributed by atoms with Gasteiger partial charge in [-0.25, -0.2) is 0 Å². The van der Waals surface area contributed by atoms with Crippen LogP contribution in [0.3, 0.4) is 0 Å². The van der Waals surface area contributed by atoms with E-state index in [9.17, 15) is 0 Å². The molecule has 1 atom stereocenters. The molecule has 27 heavy (non-hydrogen) atoms. The van der Waals surface area contributed by atoms with Gasteiger partial charge in [0.25, 0.3) is 0 Å². The molecular weight excluding hydrogens is 338 g/mol. The number of rotatable bonds is 4. The number of nitriles is 1. The van der Waals surface area contributed by atoms with Crippen molar-refractivity contribution in [2.75, 3.05) is 33.5 Å². The third kappa shape index (κ3) is 3.82. The molecule has 4 rings (SSSR count). The third-order valence-corrected chi connectivity index (χ3v) is 4.94. The molecule has 0 saturated carbocycles. The molecule has 1 N–H and O–H groups in total. The fourth-order valence-corrected chi connectivity index (χ4v) is 3.60. The largest absolute Gasteiger partial charge is 0.471 e. The smallest absolute Gasteiger partial charge is 0.161 e. The van der Waals surface area contributed by atoms with Crippen molar-refractivity contribution < 1.29 is 9.47 Å². The lowest BCUT2D eigenvalue weighted by Crippen LogP contribution is -2.39. The summed E-state index contributed by atoms with van der Waals surface area (Å²) in [6, 6.07) is 16.2. The molecule has 0 aromatic heterocycles. The second-order valence-corrected chi connectivity index (χ2v) is 6.95. The molecule has 1 unspecified atom stereocenters. The highest BCUT2D eigenvalue weighted by Gasteiger charge is 2.23. The van der Waals surface area contributed by atoms with E-state index in [-0.39, 0.29) is 6.10 Å². The summed E-state index contributed by atoms with van der Waals surface area (Å²) in [5, 5.41) is 12.5. The van der Waals surface area contributed by atoms with E-state index >= 15 is 0 Å². The number of nitrogens with zero attached hydrogens (tertiary/aromatic N) is 2. The highest BCUT2D eigenvalue weighted by Crippen LogP contribution is 2.35. The second kappa shape index (κ2) is 7.83. The van der Waals surface area contributed by atoms with Crippen molar-refractivity contribution in [2.24, 2.45) is 0 Å². The number of hydrogen-bond donors (Lipinski definition) is 1. The van der Waals surface area contributed by atoms with E-state index in [2.05, 4.69) is 29.6 Å². The number of morpholine rings is 1. The van der Waals surface area contributed by atoms with E-state index in [1.807, 2.05) is 42.4 Å². The van der Waals surface area contributed by atoms with Gasteiger partial charge in [0.1, 0.15) is 5.76 Å². The zero-order chi connectivity index (χ0) is 18.6. The molecule has 1 saturated heterocycles. The monoisotopic (exact) mass is 361 g/mol. The Balaban J connectivity index is 1.76. The highest BCUT2D eigenvalue weighted by atomic mass is 16.5. The van der Waals surface area contributed by atoms with Crippen molar-refractivity contribution in [3.63, 3.8) is 0 Å². The first-order valence-corrected chi connectivity index (χ1v) is 9.24. The first-order chi connectivity index (χ1) is 13.2. The molecule has 5 nitrogen and oxygen atoms in total. The maximum absolute atomic E-state index is 9.08. The highest BCUT2D eigenvalue weighted by molar-refractivity contribution is 5.81. The topological polar surface area (TPSA) is 57.5 Å². The zero-order valence-corrected chi connectivity index (χ0v) is 15.4. The van der Waals surface area contributed by atoms with Crippen LogP contribution >= 0.6 is 0 Å². The van der Waals surface area contributed by atoms with Gasteiger partial charge in [-0.05, 0) is 28.8 Å². The van der Waals surface area contributed by atoms with Crippen LogP contribution in [-0.2, 0) is 15.9 Å². The Bertz CT molecular complexity index is 877. The molecule has 0 aliphatic carbocycles. The Morgan fingerprint density at radius 2 is 2.07 bits per heavy atom. The van der Waals surface area contributed by atoms with Gasteiger partial charge in [0.15, 0.2) is 6.73 Å². The van der Waals surface area contributed by atoms with Crippen LogP contribution in [0.1, 0.15) is 16.7 Å². The first-order valence-electron chi connectivity index (χ1n) is 9.24. The van der Waals surface area contributed by atoms with Gasteiger partial charge in [0.05, 0.1) is 24.3 Å². The van der Waals surface area contributed by atoms with E-state index in [0.29, 0.717) is 12.3 Å². The van der Waals surface area contributed by atoms with Gasteiger partial charge in [-0.3, -0.25) is 0 Å². The molecule has 0 amide bonds. The van der Waals surface area contributed by atoms with Gasteiger partial charge >= 0.3 is 0 Å². The van der Waals surface area contributed by atoms with Gasteiger partial charge < -0.3 is 19.7 Å². The average Bonchev–Trinajstić information content (AvgIpc) is 3.14. The number of hydrogen-bond acceptors (Lipinski definition) is 5. The Morgan fingerprint density at radius 3 is 2.74 bits per heavy atom. The number of ether oxygens (including phenoxy) is 2. The lowest BCUT2D eigenvalue weighted by atomic mass is 9.91. The molecule has 2 aromatic carbocycles. The number of nitrogens with one attached hydrogen (secondary N) is 1. The molecule has 0 bridgehead atoms. The minimum absolute atomic E-state index is 0.161. The third-order valence-electron chi connectivity index (χ3n) is 4.94. The van der Waals surface area contributed by atoms with E-state index in [1.54, 1.807) is 0 Å². The lowest BCUT2D eigenvalue weighted by molar-refractivity contribution is 0.0291. The Kier molecular flexibility index (Phi) is 5.10. The molecule has 2 aliphatic heterocycles. The van der Waals surface area contributed by atoms with E-state index in [4.69, 9.17) is 14.7 Å². The molecule has 5 heteroatoms. The first kappa shape index (κ1) is 17.6. The van der Waals surface area contributed by atoms with Crippen LogP contribution in [0.4, 0.5) is 0 Å². The number of benzene rings is 2. The van der Waals surface area contributed by atoms with Crippen LogP contribution in [0.5, 0.6) is 0 Å². The van der Waals surface area contributed by atoms with Gasteiger partial charge in [-0.2, -0.15) is 5.26 Å². The molecule has 138 valence electrons. The van der Waals surface area contributed by atoms with Crippen LogP contribution in [0.15, 0.2) is 48.7 Å². The summed E-state index contributed by atoms with van der Waals surface area (Å²) in [4.78, 5) is 2.04. The molecule has 2 aliphatic rings. The van der Waals surface area contributed by atoms with Crippen molar-refractivity contribution in [1.82, 2.24) is 10.2 Å². The van der Waals surface area contributed by atoms with Gasteiger partial charge in [0, 0.05) is 38.3 Å². The van der Waals surface area contributed by atoms with Gasteiger partial charge in [-0.1, -0.05) is 30.3 Å². The summed E-state index contributed by atoms with van der Waals surface area (Å²) in [6.07, 6.45) is 3.04. The van der Waals surface area contributed by atoms with Crippen molar-refractivity contribution in [1.29, 1.82) is 5.26 Å². The average molecular weight is 361 g/mol. The summed E-state index contributed by atoms with van der Waals surface area (Å²) < 4.78 is 11.9. The quantitative estimate of drug-likeness (QED) is 0.907.